The van der Waals surface area contributed by atoms with Crippen molar-refractivity contribution in [3.63, 3.8) is 0 Å². The van der Waals surface area contributed by atoms with Crippen LogP contribution in [0.15, 0.2) is 18.2 Å². The maximum absolute atomic E-state index is 12.8. The number of hydrogen-bond donors (Lipinski definition) is 0. The number of carbonyl (C=O) groups is 1. The summed E-state index contributed by atoms with van der Waals surface area (Å²) < 4.78 is 49.3. The molecule has 0 spiro atoms. The fourth-order valence-corrected chi connectivity index (χ4v) is 2.86. The molecule has 1 amide bonds. The van der Waals surface area contributed by atoms with E-state index < -0.39 is 17.3 Å². The van der Waals surface area contributed by atoms with Gasteiger partial charge in [0.25, 0.3) is 0 Å². The Morgan fingerprint density at radius 1 is 1.31 bits per heavy atom. The van der Waals surface area contributed by atoms with Crippen molar-refractivity contribution in [1.82, 2.24) is 4.90 Å². The van der Waals surface area contributed by atoms with Gasteiger partial charge < -0.3 is 14.4 Å². The second kappa shape index (κ2) is 7.94. The number of ether oxygens (including phenoxy) is 2. The minimum atomic E-state index is -4.46. The van der Waals surface area contributed by atoms with Gasteiger partial charge in [-0.05, 0) is 51.8 Å². The third-order valence-electron chi connectivity index (χ3n) is 3.90. The van der Waals surface area contributed by atoms with Gasteiger partial charge in [-0.15, -0.1) is 0 Å². The van der Waals surface area contributed by atoms with Gasteiger partial charge in [-0.25, -0.2) is 4.79 Å². The fraction of sp³-hybridized carbons (Fsp3) is 0.611. The SMILES string of the molecule is CC(C)(C)OC(=O)N1CCCC(COc2cc(C(F)(F)F)ccc2Cl)C1. The average Bonchev–Trinajstić information content (AvgIpc) is 2.51. The summed E-state index contributed by atoms with van der Waals surface area (Å²) in [6.45, 7) is 6.60. The normalized spacial score (nSPS) is 18.6. The molecule has 4 nitrogen and oxygen atoms in total. The summed E-state index contributed by atoms with van der Waals surface area (Å²) in [5, 5.41) is 0.123. The first-order valence-corrected chi connectivity index (χ1v) is 8.81. The molecule has 1 saturated heterocycles. The molecule has 1 atom stereocenters. The molecule has 1 aromatic carbocycles. The molecule has 0 radical (unpaired) electrons. The summed E-state index contributed by atoms with van der Waals surface area (Å²) in [6, 6.07) is 2.99. The molecule has 146 valence electrons. The summed E-state index contributed by atoms with van der Waals surface area (Å²) in [7, 11) is 0. The Bertz CT molecular complexity index is 644. The van der Waals surface area contributed by atoms with Gasteiger partial charge in [-0.2, -0.15) is 13.2 Å². The third-order valence-corrected chi connectivity index (χ3v) is 4.22. The van der Waals surface area contributed by atoms with Crippen LogP contribution < -0.4 is 4.74 Å². The Hall–Kier alpha value is -1.63. The van der Waals surface area contributed by atoms with Crippen LogP contribution in [0.25, 0.3) is 0 Å². The molecule has 1 unspecified atom stereocenters. The fourth-order valence-electron chi connectivity index (χ4n) is 2.69. The molecule has 0 bridgehead atoms. The maximum atomic E-state index is 12.8. The van der Waals surface area contributed by atoms with Gasteiger partial charge in [-0.1, -0.05) is 11.6 Å². The summed E-state index contributed by atoms with van der Waals surface area (Å²) in [5.41, 5.74) is -1.39. The van der Waals surface area contributed by atoms with E-state index in [1.54, 1.807) is 25.7 Å². The Labute approximate surface area is 156 Å². The van der Waals surface area contributed by atoms with E-state index in [-0.39, 0.29) is 29.4 Å². The van der Waals surface area contributed by atoms with Crippen LogP contribution in [-0.4, -0.2) is 36.3 Å². The van der Waals surface area contributed by atoms with Gasteiger partial charge in [0, 0.05) is 19.0 Å². The molecule has 1 aliphatic heterocycles. The van der Waals surface area contributed by atoms with Crippen LogP contribution in [0.3, 0.4) is 0 Å². The van der Waals surface area contributed by atoms with Crippen molar-refractivity contribution in [1.29, 1.82) is 0 Å². The molecule has 0 saturated carbocycles. The minimum Gasteiger partial charge on any atom is -0.492 e. The van der Waals surface area contributed by atoms with Crippen molar-refractivity contribution in [2.24, 2.45) is 5.92 Å². The number of rotatable bonds is 3. The van der Waals surface area contributed by atoms with E-state index in [4.69, 9.17) is 21.1 Å². The lowest BCUT2D eigenvalue weighted by Crippen LogP contribution is -2.44. The van der Waals surface area contributed by atoms with Crippen LogP contribution in [0.2, 0.25) is 5.02 Å². The third kappa shape index (κ3) is 5.97. The zero-order valence-electron chi connectivity index (χ0n) is 15.0. The monoisotopic (exact) mass is 393 g/mol. The van der Waals surface area contributed by atoms with Crippen molar-refractivity contribution in [3.8, 4) is 5.75 Å². The maximum Gasteiger partial charge on any atom is 0.416 e. The van der Waals surface area contributed by atoms with E-state index in [1.165, 1.54) is 6.07 Å². The molecule has 1 fully saturated rings. The lowest BCUT2D eigenvalue weighted by molar-refractivity contribution is -0.137. The number of piperidine rings is 1. The highest BCUT2D eigenvalue weighted by Gasteiger charge is 2.32. The Morgan fingerprint density at radius 3 is 2.62 bits per heavy atom. The van der Waals surface area contributed by atoms with E-state index in [1.807, 2.05) is 0 Å². The second-order valence-corrected chi connectivity index (χ2v) is 7.80. The number of amides is 1. The first-order valence-electron chi connectivity index (χ1n) is 8.43. The highest BCUT2D eigenvalue weighted by molar-refractivity contribution is 6.32. The van der Waals surface area contributed by atoms with Gasteiger partial charge >= 0.3 is 12.3 Å². The molecule has 1 heterocycles. The first kappa shape index (κ1) is 20.7. The van der Waals surface area contributed by atoms with Gasteiger partial charge in [0.2, 0.25) is 0 Å². The summed E-state index contributed by atoms with van der Waals surface area (Å²) in [6.07, 6.45) is -3.25. The molecule has 1 aromatic rings. The van der Waals surface area contributed by atoms with Crippen LogP contribution in [-0.2, 0) is 10.9 Å². The predicted octanol–water partition coefficient (Wildman–Crippen LogP) is 5.38. The number of halogens is 4. The van der Waals surface area contributed by atoms with E-state index in [0.29, 0.717) is 13.1 Å². The van der Waals surface area contributed by atoms with Crippen LogP contribution in [0.4, 0.5) is 18.0 Å². The van der Waals surface area contributed by atoms with Crippen molar-refractivity contribution >= 4 is 17.7 Å². The lowest BCUT2D eigenvalue weighted by atomic mass is 9.99. The van der Waals surface area contributed by atoms with Crippen LogP contribution in [0.5, 0.6) is 5.75 Å². The second-order valence-electron chi connectivity index (χ2n) is 7.39. The first-order chi connectivity index (χ1) is 12.0. The highest BCUT2D eigenvalue weighted by atomic mass is 35.5. The number of nitrogens with zero attached hydrogens (tertiary/aromatic N) is 1. The van der Waals surface area contributed by atoms with Gasteiger partial charge in [0.05, 0.1) is 17.2 Å². The number of likely N-dealkylation sites (tertiary alicyclic amines) is 1. The predicted molar refractivity (Wildman–Crippen MR) is 92.5 cm³/mol. The summed E-state index contributed by atoms with van der Waals surface area (Å²) in [5.74, 6) is -0.00207. The van der Waals surface area contributed by atoms with Crippen molar-refractivity contribution < 1.29 is 27.4 Å². The summed E-state index contributed by atoms with van der Waals surface area (Å²) in [4.78, 5) is 13.8. The van der Waals surface area contributed by atoms with Crippen molar-refractivity contribution in [2.45, 2.75) is 45.4 Å². The van der Waals surface area contributed by atoms with Crippen LogP contribution in [0, 0.1) is 5.92 Å². The average molecular weight is 394 g/mol. The molecule has 8 heteroatoms. The number of alkyl halides is 3. The molecule has 0 aromatic heterocycles. The topological polar surface area (TPSA) is 38.8 Å². The minimum absolute atomic E-state index is 0.00174. The largest absolute Gasteiger partial charge is 0.492 e. The number of carbonyl (C=O) groups excluding carboxylic acids is 1. The standard InChI is InChI=1S/C18H23ClF3NO3/c1-17(2,3)26-16(24)23-8-4-5-12(10-23)11-25-15-9-13(18(20,21)22)6-7-14(15)19/h6-7,9,12H,4-5,8,10-11H2,1-3H3. The smallest absolute Gasteiger partial charge is 0.416 e. The zero-order chi connectivity index (χ0) is 19.5. The highest BCUT2D eigenvalue weighted by Crippen LogP contribution is 2.35. The Morgan fingerprint density at radius 2 is 2.00 bits per heavy atom. The quantitative estimate of drug-likeness (QED) is 0.691. The van der Waals surface area contributed by atoms with E-state index in [0.717, 1.165) is 25.0 Å². The Balaban J connectivity index is 1.96. The van der Waals surface area contributed by atoms with Gasteiger partial charge in [0.1, 0.15) is 11.4 Å². The molecule has 0 N–H and O–H groups in total. The van der Waals surface area contributed by atoms with E-state index >= 15 is 0 Å². The lowest BCUT2D eigenvalue weighted by Gasteiger charge is -2.34. The number of benzene rings is 1. The van der Waals surface area contributed by atoms with E-state index in [9.17, 15) is 18.0 Å². The molecular formula is C18H23ClF3NO3. The van der Waals surface area contributed by atoms with Crippen molar-refractivity contribution in [3.05, 3.63) is 28.8 Å². The molecule has 0 aliphatic carbocycles. The Kier molecular flexibility index (Phi) is 6.32. The van der Waals surface area contributed by atoms with Gasteiger partial charge in [0.15, 0.2) is 0 Å². The van der Waals surface area contributed by atoms with Crippen LogP contribution >= 0.6 is 11.6 Å². The molecule has 1 aliphatic rings. The van der Waals surface area contributed by atoms with Gasteiger partial charge in [-0.3, -0.25) is 0 Å². The zero-order valence-corrected chi connectivity index (χ0v) is 15.8. The summed E-state index contributed by atoms with van der Waals surface area (Å²) >= 11 is 5.94. The molecule has 2 rings (SSSR count). The van der Waals surface area contributed by atoms with E-state index in [2.05, 4.69) is 0 Å². The van der Waals surface area contributed by atoms with Crippen LogP contribution in [0.1, 0.15) is 39.2 Å². The van der Waals surface area contributed by atoms with Crippen molar-refractivity contribution in [2.75, 3.05) is 19.7 Å². The molecule has 26 heavy (non-hydrogen) atoms. The molecular weight excluding hydrogens is 371 g/mol. The number of hydrogen-bond acceptors (Lipinski definition) is 3.